The zero-order chi connectivity index (χ0) is 12.3. The van der Waals surface area contributed by atoms with E-state index in [-0.39, 0.29) is 0 Å². The van der Waals surface area contributed by atoms with Gasteiger partial charge in [-0.2, -0.15) is 0 Å². The zero-order valence-electron chi connectivity index (χ0n) is 10.1. The molecule has 0 amide bonds. The van der Waals surface area contributed by atoms with Crippen molar-refractivity contribution in [3.8, 4) is 0 Å². The van der Waals surface area contributed by atoms with Crippen molar-refractivity contribution in [1.82, 2.24) is 15.2 Å². The minimum atomic E-state index is 0.581. The molecule has 0 aliphatic carbocycles. The molecule has 1 aromatic carbocycles. The van der Waals surface area contributed by atoms with Crippen molar-refractivity contribution in [3.05, 3.63) is 12.1 Å². The SMILES string of the molecule is CCN(C)CCNc1ccc(N)c2nonc12. The summed E-state index contributed by atoms with van der Waals surface area (Å²) < 4.78 is 4.70. The average molecular weight is 235 g/mol. The predicted octanol–water partition coefficient (Wildman–Crippen LogP) is 1.17. The van der Waals surface area contributed by atoms with Gasteiger partial charge < -0.3 is 16.0 Å². The van der Waals surface area contributed by atoms with E-state index >= 15 is 0 Å². The van der Waals surface area contributed by atoms with E-state index in [1.807, 2.05) is 6.07 Å². The molecule has 2 rings (SSSR count). The maximum absolute atomic E-state index is 5.77. The Morgan fingerprint density at radius 2 is 2.12 bits per heavy atom. The lowest BCUT2D eigenvalue weighted by molar-refractivity contribution is 0.315. The lowest BCUT2D eigenvalue weighted by Gasteiger charge is -2.14. The molecule has 0 bridgehead atoms. The fraction of sp³-hybridized carbons (Fsp3) is 0.455. The Kier molecular flexibility index (Phi) is 3.43. The van der Waals surface area contributed by atoms with Crippen LogP contribution < -0.4 is 11.1 Å². The van der Waals surface area contributed by atoms with Gasteiger partial charge in [-0.15, -0.1) is 0 Å². The maximum atomic E-state index is 5.77. The van der Waals surface area contributed by atoms with Gasteiger partial charge in [-0.3, -0.25) is 0 Å². The van der Waals surface area contributed by atoms with Crippen LogP contribution in [-0.4, -0.2) is 41.9 Å². The third-order valence-electron chi connectivity index (χ3n) is 2.80. The maximum Gasteiger partial charge on any atom is 0.160 e. The van der Waals surface area contributed by atoms with Crippen molar-refractivity contribution < 1.29 is 4.63 Å². The standard InChI is InChI=1S/C11H17N5O/c1-3-16(2)7-6-13-9-5-4-8(12)10-11(9)15-17-14-10/h4-5,13H,3,6-7,12H2,1-2H3. The van der Waals surface area contributed by atoms with Crippen molar-refractivity contribution in [1.29, 1.82) is 0 Å². The van der Waals surface area contributed by atoms with Crippen LogP contribution >= 0.6 is 0 Å². The van der Waals surface area contributed by atoms with E-state index in [0.717, 1.165) is 25.3 Å². The van der Waals surface area contributed by atoms with Crippen molar-refractivity contribution >= 4 is 22.4 Å². The van der Waals surface area contributed by atoms with Crippen molar-refractivity contribution in [3.63, 3.8) is 0 Å². The van der Waals surface area contributed by atoms with Crippen molar-refractivity contribution in [2.45, 2.75) is 6.92 Å². The summed E-state index contributed by atoms with van der Waals surface area (Å²) in [6, 6.07) is 3.70. The van der Waals surface area contributed by atoms with E-state index < -0.39 is 0 Å². The normalized spacial score (nSPS) is 11.2. The number of hydrogen-bond acceptors (Lipinski definition) is 6. The third kappa shape index (κ3) is 2.47. The molecule has 0 fully saturated rings. The summed E-state index contributed by atoms with van der Waals surface area (Å²) in [6.45, 7) is 4.97. The highest BCUT2D eigenvalue weighted by Crippen LogP contribution is 2.24. The minimum absolute atomic E-state index is 0.581. The van der Waals surface area contributed by atoms with Crippen molar-refractivity contribution in [2.24, 2.45) is 0 Å². The first-order chi connectivity index (χ1) is 8.22. The molecule has 6 nitrogen and oxygen atoms in total. The molecular formula is C11H17N5O. The number of nitrogen functional groups attached to an aromatic ring is 1. The lowest BCUT2D eigenvalue weighted by atomic mass is 10.2. The number of fused-ring (bicyclic) bond motifs is 1. The smallest absolute Gasteiger partial charge is 0.160 e. The molecule has 2 aromatic rings. The Morgan fingerprint density at radius 3 is 2.88 bits per heavy atom. The van der Waals surface area contributed by atoms with E-state index in [1.54, 1.807) is 6.07 Å². The van der Waals surface area contributed by atoms with E-state index in [9.17, 15) is 0 Å². The molecule has 3 N–H and O–H groups in total. The highest BCUT2D eigenvalue weighted by Gasteiger charge is 2.09. The molecule has 1 aromatic heterocycles. The molecular weight excluding hydrogens is 218 g/mol. The van der Waals surface area contributed by atoms with Crippen LogP contribution in [0.25, 0.3) is 11.0 Å². The zero-order valence-corrected chi connectivity index (χ0v) is 10.1. The molecule has 0 aliphatic rings. The predicted molar refractivity (Wildman–Crippen MR) is 67.9 cm³/mol. The van der Waals surface area contributed by atoms with Gasteiger partial charge in [0.15, 0.2) is 11.0 Å². The summed E-state index contributed by atoms with van der Waals surface area (Å²) in [7, 11) is 2.08. The summed E-state index contributed by atoms with van der Waals surface area (Å²) >= 11 is 0. The van der Waals surface area contributed by atoms with Crippen LogP contribution in [0.15, 0.2) is 16.8 Å². The Bertz CT molecular complexity index is 496. The lowest BCUT2D eigenvalue weighted by Crippen LogP contribution is -2.24. The summed E-state index contributed by atoms with van der Waals surface area (Å²) in [5.74, 6) is 0. The summed E-state index contributed by atoms with van der Waals surface area (Å²) in [6.07, 6.45) is 0. The van der Waals surface area contributed by atoms with Crippen LogP contribution in [-0.2, 0) is 0 Å². The van der Waals surface area contributed by atoms with Crippen LogP contribution in [0.4, 0.5) is 11.4 Å². The number of benzene rings is 1. The first kappa shape index (κ1) is 11.7. The molecule has 0 aliphatic heterocycles. The number of aromatic nitrogens is 2. The molecule has 0 spiro atoms. The number of hydrogen-bond donors (Lipinski definition) is 2. The number of rotatable bonds is 5. The minimum Gasteiger partial charge on any atom is -0.397 e. The van der Waals surface area contributed by atoms with E-state index in [4.69, 9.17) is 10.4 Å². The number of nitrogens with two attached hydrogens (primary N) is 1. The molecule has 0 atom stereocenters. The van der Waals surface area contributed by atoms with Gasteiger partial charge in [-0.25, -0.2) is 4.63 Å². The Hall–Kier alpha value is -1.82. The summed E-state index contributed by atoms with van der Waals surface area (Å²) in [5.41, 5.74) is 8.55. The van der Waals surface area contributed by atoms with Gasteiger partial charge in [0.2, 0.25) is 0 Å². The molecule has 0 saturated carbocycles. The largest absolute Gasteiger partial charge is 0.397 e. The fourth-order valence-electron chi connectivity index (χ4n) is 1.57. The molecule has 0 saturated heterocycles. The Balaban J connectivity index is 2.09. The molecule has 0 unspecified atom stereocenters. The van der Waals surface area contributed by atoms with Crippen molar-refractivity contribution in [2.75, 3.05) is 37.7 Å². The second-order valence-electron chi connectivity index (χ2n) is 3.99. The monoisotopic (exact) mass is 235 g/mol. The molecule has 92 valence electrons. The van der Waals surface area contributed by atoms with Crippen LogP contribution in [0.5, 0.6) is 0 Å². The number of nitrogens with zero attached hydrogens (tertiary/aromatic N) is 3. The number of nitrogens with one attached hydrogen (secondary N) is 1. The Morgan fingerprint density at radius 1 is 1.35 bits per heavy atom. The highest BCUT2D eigenvalue weighted by molar-refractivity contribution is 5.94. The van der Waals surface area contributed by atoms with Crippen LogP contribution in [0.1, 0.15) is 6.92 Å². The average Bonchev–Trinajstić information content (AvgIpc) is 2.82. The van der Waals surface area contributed by atoms with Crippen LogP contribution in [0.2, 0.25) is 0 Å². The van der Waals surface area contributed by atoms with Gasteiger partial charge in [0, 0.05) is 13.1 Å². The molecule has 6 heteroatoms. The van der Waals surface area contributed by atoms with Gasteiger partial charge in [-0.1, -0.05) is 6.92 Å². The van der Waals surface area contributed by atoms with Gasteiger partial charge >= 0.3 is 0 Å². The van der Waals surface area contributed by atoms with E-state index in [1.165, 1.54) is 0 Å². The second-order valence-corrected chi connectivity index (χ2v) is 3.99. The fourth-order valence-corrected chi connectivity index (χ4v) is 1.57. The number of anilines is 2. The number of likely N-dealkylation sites (N-methyl/N-ethyl adjacent to an activating group) is 1. The highest BCUT2D eigenvalue weighted by atomic mass is 16.6. The first-order valence-electron chi connectivity index (χ1n) is 5.65. The molecule has 1 heterocycles. The van der Waals surface area contributed by atoms with Gasteiger partial charge in [0.1, 0.15) is 0 Å². The molecule has 0 radical (unpaired) electrons. The second kappa shape index (κ2) is 5.01. The van der Waals surface area contributed by atoms with Crippen LogP contribution in [0.3, 0.4) is 0 Å². The third-order valence-corrected chi connectivity index (χ3v) is 2.80. The summed E-state index contributed by atoms with van der Waals surface area (Å²) in [4.78, 5) is 2.22. The summed E-state index contributed by atoms with van der Waals surface area (Å²) in [5, 5.41) is 10.9. The van der Waals surface area contributed by atoms with Gasteiger partial charge in [0.05, 0.1) is 11.4 Å². The van der Waals surface area contributed by atoms with Gasteiger partial charge in [0.25, 0.3) is 0 Å². The van der Waals surface area contributed by atoms with Gasteiger partial charge in [-0.05, 0) is 36.0 Å². The molecule has 17 heavy (non-hydrogen) atoms. The van der Waals surface area contributed by atoms with E-state index in [2.05, 4.69) is 34.5 Å². The quantitative estimate of drug-likeness (QED) is 0.757. The topological polar surface area (TPSA) is 80.2 Å². The Labute approximate surface area is 99.7 Å². The van der Waals surface area contributed by atoms with Crippen LogP contribution in [0, 0.1) is 0 Å². The first-order valence-corrected chi connectivity index (χ1v) is 5.65. The van der Waals surface area contributed by atoms with E-state index in [0.29, 0.717) is 16.7 Å².